The molecule has 20 heavy (non-hydrogen) atoms. The summed E-state index contributed by atoms with van der Waals surface area (Å²) in [6.07, 6.45) is -0.197. The summed E-state index contributed by atoms with van der Waals surface area (Å²) < 4.78 is 5.86. The highest BCUT2D eigenvalue weighted by atomic mass is 32.1. The summed E-state index contributed by atoms with van der Waals surface area (Å²) in [5, 5.41) is 9.43. The van der Waals surface area contributed by atoms with Crippen molar-refractivity contribution in [3.63, 3.8) is 0 Å². The van der Waals surface area contributed by atoms with E-state index in [0.29, 0.717) is 11.5 Å². The van der Waals surface area contributed by atoms with Crippen molar-refractivity contribution >= 4 is 22.9 Å². The fraction of sp³-hybridized carbons (Fsp3) is 0.533. The van der Waals surface area contributed by atoms with E-state index >= 15 is 0 Å². The van der Waals surface area contributed by atoms with Gasteiger partial charge in [0.05, 0.1) is 24.0 Å². The van der Waals surface area contributed by atoms with Crippen molar-refractivity contribution in [2.45, 2.75) is 32.5 Å². The highest BCUT2D eigenvalue weighted by Crippen LogP contribution is 2.31. The van der Waals surface area contributed by atoms with Gasteiger partial charge in [0.15, 0.2) is 0 Å². The van der Waals surface area contributed by atoms with Gasteiger partial charge in [0.1, 0.15) is 4.99 Å². The molecule has 1 aliphatic rings. The number of hydrogen-bond acceptors (Lipinski definition) is 4. The van der Waals surface area contributed by atoms with Gasteiger partial charge >= 0.3 is 0 Å². The average Bonchev–Trinajstić information content (AvgIpc) is 2.36. The van der Waals surface area contributed by atoms with Gasteiger partial charge < -0.3 is 20.5 Å². The van der Waals surface area contributed by atoms with Crippen LogP contribution in [0.1, 0.15) is 25.0 Å². The minimum atomic E-state index is -0.318. The standard InChI is InChI=1S/C15H22N2O2S/c1-10-5-4-6-12(14(16)20)13(10)17-7-11(8-18)19-15(2,3)9-17/h4-6,11,18H,7-9H2,1-3H3,(H2,16,20). The number of aryl methyl sites for hydroxylation is 1. The number of aliphatic hydroxyl groups is 1. The smallest absolute Gasteiger partial charge is 0.106 e. The van der Waals surface area contributed by atoms with Gasteiger partial charge in [0.2, 0.25) is 0 Å². The van der Waals surface area contributed by atoms with Gasteiger partial charge in [0, 0.05) is 18.7 Å². The molecule has 1 saturated heterocycles. The zero-order valence-electron chi connectivity index (χ0n) is 12.2. The first-order valence-electron chi connectivity index (χ1n) is 6.77. The molecule has 1 aromatic carbocycles. The van der Waals surface area contributed by atoms with Crippen LogP contribution in [0.3, 0.4) is 0 Å². The van der Waals surface area contributed by atoms with E-state index < -0.39 is 0 Å². The minimum Gasteiger partial charge on any atom is -0.394 e. The third kappa shape index (κ3) is 3.11. The molecule has 0 bridgehead atoms. The number of nitrogens with two attached hydrogens (primary N) is 1. The van der Waals surface area contributed by atoms with Crippen LogP contribution in [0.4, 0.5) is 5.69 Å². The Kier molecular flexibility index (Phi) is 4.32. The van der Waals surface area contributed by atoms with Gasteiger partial charge in [-0.3, -0.25) is 0 Å². The Morgan fingerprint density at radius 2 is 2.25 bits per heavy atom. The van der Waals surface area contributed by atoms with Crippen molar-refractivity contribution in [2.24, 2.45) is 5.73 Å². The average molecular weight is 294 g/mol. The van der Waals surface area contributed by atoms with Crippen molar-refractivity contribution in [1.82, 2.24) is 0 Å². The zero-order valence-corrected chi connectivity index (χ0v) is 13.0. The lowest BCUT2D eigenvalue weighted by Crippen LogP contribution is -2.54. The molecule has 0 radical (unpaired) electrons. The first-order valence-corrected chi connectivity index (χ1v) is 7.18. The molecule has 3 N–H and O–H groups in total. The fourth-order valence-corrected chi connectivity index (χ4v) is 3.00. The van der Waals surface area contributed by atoms with E-state index in [1.807, 2.05) is 39.0 Å². The van der Waals surface area contributed by atoms with E-state index in [4.69, 9.17) is 22.7 Å². The van der Waals surface area contributed by atoms with Crippen molar-refractivity contribution in [2.75, 3.05) is 24.6 Å². The second-order valence-corrected chi connectivity index (χ2v) is 6.34. The predicted molar refractivity (Wildman–Crippen MR) is 85.3 cm³/mol. The summed E-state index contributed by atoms with van der Waals surface area (Å²) >= 11 is 5.16. The monoisotopic (exact) mass is 294 g/mol. The molecule has 1 unspecified atom stereocenters. The Hall–Kier alpha value is -1.17. The number of benzene rings is 1. The summed E-state index contributed by atoms with van der Waals surface area (Å²) in [6, 6.07) is 5.96. The quantitative estimate of drug-likeness (QED) is 0.829. The molecule has 1 atom stereocenters. The third-order valence-electron chi connectivity index (χ3n) is 3.50. The van der Waals surface area contributed by atoms with Crippen molar-refractivity contribution in [1.29, 1.82) is 0 Å². The van der Waals surface area contributed by atoms with Crippen molar-refractivity contribution in [3.8, 4) is 0 Å². The topological polar surface area (TPSA) is 58.7 Å². The molecule has 0 saturated carbocycles. The highest BCUT2D eigenvalue weighted by Gasteiger charge is 2.34. The van der Waals surface area contributed by atoms with Crippen molar-refractivity contribution in [3.05, 3.63) is 29.3 Å². The van der Waals surface area contributed by atoms with Crippen LogP contribution in [-0.2, 0) is 4.74 Å². The normalized spacial score (nSPS) is 21.8. The van der Waals surface area contributed by atoms with Crippen LogP contribution >= 0.6 is 12.2 Å². The van der Waals surface area contributed by atoms with Gasteiger partial charge in [-0.05, 0) is 32.4 Å². The minimum absolute atomic E-state index is 0.00815. The second kappa shape index (κ2) is 5.68. The Morgan fingerprint density at radius 1 is 1.55 bits per heavy atom. The second-order valence-electron chi connectivity index (χ2n) is 5.90. The lowest BCUT2D eigenvalue weighted by Gasteiger charge is -2.44. The molecule has 0 aromatic heterocycles. The highest BCUT2D eigenvalue weighted by molar-refractivity contribution is 7.80. The summed E-state index contributed by atoms with van der Waals surface area (Å²) in [5.41, 5.74) is 8.59. The number of ether oxygens (including phenoxy) is 1. The van der Waals surface area contributed by atoms with E-state index in [1.54, 1.807) is 0 Å². The molecule has 1 fully saturated rings. The molecule has 110 valence electrons. The molecule has 0 amide bonds. The number of hydrogen-bond donors (Lipinski definition) is 2. The van der Waals surface area contributed by atoms with Gasteiger partial charge in [-0.25, -0.2) is 0 Å². The van der Waals surface area contributed by atoms with Crippen LogP contribution in [-0.4, -0.2) is 41.5 Å². The van der Waals surface area contributed by atoms with E-state index in [2.05, 4.69) is 4.90 Å². The van der Waals surface area contributed by atoms with Crippen LogP contribution in [0.5, 0.6) is 0 Å². The van der Waals surface area contributed by atoms with Crippen LogP contribution in [0.15, 0.2) is 18.2 Å². The molecule has 1 heterocycles. The summed E-state index contributed by atoms with van der Waals surface area (Å²) in [7, 11) is 0. The van der Waals surface area contributed by atoms with Gasteiger partial charge in [-0.1, -0.05) is 24.4 Å². The number of aliphatic hydroxyl groups excluding tert-OH is 1. The molecule has 0 spiro atoms. The SMILES string of the molecule is Cc1cccc(C(N)=S)c1N1CC(CO)OC(C)(C)C1. The molecule has 0 aliphatic carbocycles. The predicted octanol–water partition coefficient (Wildman–Crippen LogP) is 1.61. The number of morpholine rings is 1. The zero-order chi connectivity index (χ0) is 14.9. The molecule has 4 nitrogen and oxygen atoms in total. The third-order valence-corrected chi connectivity index (χ3v) is 3.72. The molecule has 5 heteroatoms. The molecular formula is C15H22N2O2S. The first-order chi connectivity index (χ1) is 9.34. The Morgan fingerprint density at radius 3 is 2.85 bits per heavy atom. The molecule has 2 rings (SSSR count). The largest absolute Gasteiger partial charge is 0.394 e. The van der Waals surface area contributed by atoms with E-state index in [1.165, 1.54) is 0 Å². The Bertz CT molecular complexity index is 517. The summed E-state index contributed by atoms with van der Waals surface area (Å²) in [4.78, 5) is 2.61. The number of thiocarbonyl (C=S) groups is 1. The van der Waals surface area contributed by atoms with E-state index in [-0.39, 0.29) is 18.3 Å². The Labute approximate surface area is 125 Å². The maximum Gasteiger partial charge on any atom is 0.106 e. The van der Waals surface area contributed by atoms with Crippen LogP contribution in [0.2, 0.25) is 0 Å². The van der Waals surface area contributed by atoms with E-state index in [9.17, 15) is 5.11 Å². The lowest BCUT2D eigenvalue weighted by atomic mass is 10.0. The number of rotatable bonds is 3. The van der Waals surface area contributed by atoms with E-state index in [0.717, 1.165) is 23.4 Å². The molecule has 1 aromatic rings. The first kappa shape index (κ1) is 15.2. The molecule has 1 aliphatic heterocycles. The maximum absolute atomic E-state index is 9.43. The van der Waals surface area contributed by atoms with Crippen molar-refractivity contribution < 1.29 is 9.84 Å². The lowest BCUT2D eigenvalue weighted by molar-refractivity contribution is -0.101. The number of anilines is 1. The fourth-order valence-electron chi connectivity index (χ4n) is 2.84. The molecular weight excluding hydrogens is 272 g/mol. The Balaban J connectivity index is 2.42. The summed E-state index contributed by atoms with van der Waals surface area (Å²) in [6.45, 7) is 7.49. The number of para-hydroxylation sites is 1. The van der Waals surface area contributed by atoms with Gasteiger partial charge in [0.25, 0.3) is 0 Å². The number of nitrogens with zero attached hydrogens (tertiary/aromatic N) is 1. The van der Waals surface area contributed by atoms with Crippen LogP contribution < -0.4 is 10.6 Å². The van der Waals surface area contributed by atoms with Crippen LogP contribution in [0.25, 0.3) is 0 Å². The van der Waals surface area contributed by atoms with Gasteiger partial charge in [-0.2, -0.15) is 0 Å². The maximum atomic E-state index is 9.43. The van der Waals surface area contributed by atoms with Gasteiger partial charge in [-0.15, -0.1) is 0 Å². The summed E-state index contributed by atoms with van der Waals surface area (Å²) in [5.74, 6) is 0. The van der Waals surface area contributed by atoms with Crippen LogP contribution in [0, 0.1) is 6.92 Å².